The third kappa shape index (κ3) is 2.04. The minimum absolute atomic E-state index is 0.116. The Bertz CT molecular complexity index is 737. The Labute approximate surface area is 149 Å². The number of rotatable bonds is 2. The van der Waals surface area contributed by atoms with Crippen LogP contribution in [0.2, 0.25) is 0 Å². The lowest BCUT2D eigenvalue weighted by atomic mass is 9.53. The van der Waals surface area contributed by atoms with E-state index in [1.54, 1.807) is 7.11 Å². The monoisotopic (exact) mass is 342 g/mol. The summed E-state index contributed by atoms with van der Waals surface area (Å²) < 4.78 is 20.4. The molecule has 1 aromatic carbocycles. The van der Waals surface area contributed by atoms with Crippen LogP contribution in [0.3, 0.4) is 0 Å². The maximum atomic E-state index is 6.17. The van der Waals surface area contributed by atoms with Gasteiger partial charge in [0.15, 0.2) is 5.79 Å². The van der Waals surface area contributed by atoms with Crippen molar-refractivity contribution in [3.8, 4) is 5.75 Å². The molecule has 1 aromatic rings. The Kier molecular flexibility index (Phi) is 3.36. The van der Waals surface area contributed by atoms with E-state index in [-0.39, 0.29) is 16.6 Å². The van der Waals surface area contributed by atoms with E-state index >= 15 is 0 Å². The van der Waals surface area contributed by atoms with E-state index in [1.165, 1.54) is 17.5 Å². The first-order valence-electron chi connectivity index (χ1n) is 9.70. The molecule has 2 fully saturated rings. The van der Waals surface area contributed by atoms with Crippen molar-refractivity contribution in [3.05, 3.63) is 29.3 Å². The van der Waals surface area contributed by atoms with Gasteiger partial charge < -0.3 is 14.2 Å². The zero-order valence-corrected chi connectivity index (χ0v) is 15.3. The van der Waals surface area contributed by atoms with Crippen molar-refractivity contribution in [2.75, 3.05) is 33.4 Å². The minimum Gasteiger partial charge on any atom is -0.497 e. The van der Waals surface area contributed by atoms with Gasteiger partial charge in [-0.25, -0.2) is 4.58 Å². The van der Waals surface area contributed by atoms with Gasteiger partial charge in [0.05, 0.1) is 25.7 Å². The van der Waals surface area contributed by atoms with Crippen LogP contribution in [0.1, 0.15) is 43.7 Å². The average Bonchev–Trinajstić information content (AvgIpc) is 3.21. The molecule has 25 heavy (non-hydrogen) atoms. The fourth-order valence-electron chi connectivity index (χ4n) is 6.07. The summed E-state index contributed by atoms with van der Waals surface area (Å²) in [7, 11) is 1.76. The normalized spacial score (nSPS) is 35.0. The molecule has 2 aliphatic heterocycles. The second kappa shape index (κ2) is 5.31. The highest BCUT2D eigenvalue weighted by Crippen LogP contribution is 2.64. The lowest BCUT2D eigenvalue weighted by molar-refractivity contribution is -0.533. The van der Waals surface area contributed by atoms with Crippen LogP contribution in [0.5, 0.6) is 5.75 Å². The molecule has 2 atom stereocenters. The third-order valence-corrected chi connectivity index (χ3v) is 7.29. The van der Waals surface area contributed by atoms with Crippen molar-refractivity contribution in [1.82, 2.24) is 0 Å². The van der Waals surface area contributed by atoms with Gasteiger partial charge in [0, 0.05) is 24.7 Å². The van der Waals surface area contributed by atoms with Crippen molar-refractivity contribution >= 4 is 6.21 Å². The van der Waals surface area contributed by atoms with Crippen LogP contribution in [-0.4, -0.2) is 50.0 Å². The van der Waals surface area contributed by atoms with E-state index in [9.17, 15) is 0 Å². The summed E-state index contributed by atoms with van der Waals surface area (Å²) in [5, 5.41) is 0. The molecule has 0 aromatic heterocycles. The molecule has 4 nitrogen and oxygen atoms in total. The molecule has 2 aliphatic carbocycles. The third-order valence-electron chi connectivity index (χ3n) is 7.29. The molecular formula is C21H28NO3+. The van der Waals surface area contributed by atoms with Gasteiger partial charge in [0.2, 0.25) is 0 Å². The molecule has 4 heteroatoms. The fraction of sp³-hybridized carbons (Fsp3) is 0.667. The Hall–Kier alpha value is -1.39. The Morgan fingerprint density at radius 1 is 1.16 bits per heavy atom. The molecular weight excluding hydrogens is 314 g/mol. The van der Waals surface area contributed by atoms with Crippen molar-refractivity contribution in [2.45, 2.75) is 50.2 Å². The SMILES string of the molecule is CC[N+]1=CC23CCC4(CC2(CC1)c1cc(OC)ccc1C3)OCCO4. The molecule has 0 radical (unpaired) electrons. The lowest BCUT2D eigenvalue weighted by Crippen LogP contribution is -2.59. The van der Waals surface area contributed by atoms with Crippen molar-refractivity contribution in [1.29, 1.82) is 0 Å². The molecule has 2 unspecified atom stereocenters. The number of ether oxygens (including phenoxy) is 3. The average molecular weight is 342 g/mol. The van der Waals surface area contributed by atoms with Crippen molar-refractivity contribution in [3.63, 3.8) is 0 Å². The Balaban J connectivity index is 1.68. The van der Waals surface area contributed by atoms with Gasteiger partial charge in [-0.1, -0.05) is 6.07 Å². The number of nitrogens with zero attached hydrogens (tertiary/aromatic N) is 1. The smallest absolute Gasteiger partial charge is 0.169 e. The highest BCUT2D eigenvalue weighted by Gasteiger charge is 2.67. The van der Waals surface area contributed by atoms with E-state index in [0.29, 0.717) is 0 Å². The Morgan fingerprint density at radius 2 is 2.00 bits per heavy atom. The van der Waals surface area contributed by atoms with Crippen LogP contribution in [0.25, 0.3) is 0 Å². The molecule has 1 saturated carbocycles. The summed E-state index contributed by atoms with van der Waals surface area (Å²) in [4.78, 5) is 0. The largest absolute Gasteiger partial charge is 0.497 e. The molecule has 0 bridgehead atoms. The maximum absolute atomic E-state index is 6.17. The zero-order valence-electron chi connectivity index (χ0n) is 15.3. The molecule has 1 spiro atoms. The summed E-state index contributed by atoms with van der Waals surface area (Å²) in [5.74, 6) is 0.603. The summed E-state index contributed by atoms with van der Waals surface area (Å²) in [5.41, 5.74) is 3.30. The first kappa shape index (κ1) is 15.8. The molecule has 2 heterocycles. The quantitative estimate of drug-likeness (QED) is 0.774. The van der Waals surface area contributed by atoms with E-state index in [2.05, 4.69) is 35.9 Å². The predicted molar refractivity (Wildman–Crippen MR) is 95.6 cm³/mol. The second-order valence-electron chi connectivity index (χ2n) is 8.23. The number of methoxy groups -OCH3 is 1. The van der Waals surface area contributed by atoms with Gasteiger partial charge >= 0.3 is 0 Å². The van der Waals surface area contributed by atoms with Gasteiger partial charge in [0.25, 0.3) is 0 Å². The Morgan fingerprint density at radius 3 is 2.76 bits per heavy atom. The van der Waals surface area contributed by atoms with Crippen LogP contribution in [0.4, 0.5) is 0 Å². The van der Waals surface area contributed by atoms with E-state index < -0.39 is 0 Å². The second-order valence-corrected chi connectivity index (χ2v) is 8.23. The first-order chi connectivity index (χ1) is 12.1. The molecule has 0 N–H and O–H groups in total. The molecule has 5 rings (SSSR count). The van der Waals surface area contributed by atoms with Crippen molar-refractivity contribution in [2.24, 2.45) is 5.41 Å². The molecule has 134 valence electrons. The number of benzene rings is 1. The van der Waals surface area contributed by atoms with Crippen molar-refractivity contribution < 1.29 is 18.8 Å². The number of fused-ring (bicyclic) bond motifs is 1. The first-order valence-corrected chi connectivity index (χ1v) is 9.70. The lowest BCUT2D eigenvalue weighted by Gasteiger charge is -2.53. The highest BCUT2D eigenvalue weighted by atomic mass is 16.7. The number of hydrogen-bond donors (Lipinski definition) is 0. The van der Waals surface area contributed by atoms with Gasteiger partial charge in [0.1, 0.15) is 25.1 Å². The van der Waals surface area contributed by atoms with Crippen LogP contribution in [0, 0.1) is 5.41 Å². The van der Waals surface area contributed by atoms with E-state index in [4.69, 9.17) is 14.2 Å². The van der Waals surface area contributed by atoms with Gasteiger partial charge in [-0.15, -0.1) is 0 Å². The fourth-order valence-corrected chi connectivity index (χ4v) is 6.07. The highest BCUT2D eigenvalue weighted by molar-refractivity contribution is 5.71. The van der Waals surface area contributed by atoms with Crippen LogP contribution in [-0.2, 0) is 21.3 Å². The minimum atomic E-state index is -0.365. The van der Waals surface area contributed by atoms with Crippen LogP contribution >= 0.6 is 0 Å². The zero-order chi connectivity index (χ0) is 17.1. The maximum Gasteiger partial charge on any atom is 0.169 e. The van der Waals surface area contributed by atoms with Crippen LogP contribution in [0.15, 0.2) is 18.2 Å². The van der Waals surface area contributed by atoms with E-state index in [0.717, 1.165) is 57.7 Å². The predicted octanol–water partition coefficient (Wildman–Crippen LogP) is 2.91. The van der Waals surface area contributed by atoms with Gasteiger partial charge in [-0.2, -0.15) is 0 Å². The van der Waals surface area contributed by atoms with E-state index in [1.807, 2.05) is 0 Å². The topological polar surface area (TPSA) is 30.7 Å². The molecule has 4 aliphatic rings. The van der Waals surface area contributed by atoms with Crippen LogP contribution < -0.4 is 4.74 Å². The molecule has 1 saturated heterocycles. The summed E-state index contributed by atoms with van der Waals surface area (Å²) in [6.07, 6.45) is 8.01. The number of hydrogen-bond acceptors (Lipinski definition) is 3. The summed E-state index contributed by atoms with van der Waals surface area (Å²) >= 11 is 0. The summed E-state index contributed by atoms with van der Waals surface area (Å²) in [6, 6.07) is 6.69. The van der Waals surface area contributed by atoms with Gasteiger partial charge in [-0.3, -0.25) is 0 Å². The molecule has 0 amide bonds. The standard InChI is InChI=1S/C21H28NO3/c1-3-22-9-8-20-14-21(24-10-11-25-21)7-6-19(20,15-22)13-16-4-5-17(23-2)12-18(16)20/h4-5,12,15H,3,6-11,13-14H2,1-2H3/q+1. The van der Waals surface area contributed by atoms with Gasteiger partial charge in [-0.05, 0) is 43.0 Å². The summed E-state index contributed by atoms with van der Waals surface area (Å²) in [6.45, 7) is 5.94.